The SMILES string of the molecule is COCCN1CC(=O)NC1c1sc2c(Cl)cccc2c1C. The van der Waals surface area contributed by atoms with Gasteiger partial charge in [-0.1, -0.05) is 23.7 Å². The molecule has 0 spiro atoms. The Morgan fingerprint density at radius 1 is 1.52 bits per heavy atom. The number of halogens is 1. The van der Waals surface area contributed by atoms with Gasteiger partial charge in [-0.05, 0) is 23.9 Å². The molecule has 1 saturated heterocycles. The van der Waals surface area contributed by atoms with E-state index in [4.69, 9.17) is 16.3 Å². The number of nitrogens with zero attached hydrogens (tertiary/aromatic N) is 1. The second-order valence-corrected chi connectivity index (χ2v) is 6.60. The van der Waals surface area contributed by atoms with Gasteiger partial charge >= 0.3 is 0 Å². The fraction of sp³-hybridized carbons (Fsp3) is 0.400. The number of nitrogens with one attached hydrogen (secondary N) is 1. The van der Waals surface area contributed by atoms with Crippen molar-refractivity contribution in [3.05, 3.63) is 33.7 Å². The lowest BCUT2D eigenvalue weighted by Gasteiger charge is -2.22. The van der Waals surface area contributed by atoms with Gasteiger partial charge in [0, 0.05) is 18.5 Å². The molecule has 1 unspecified atom stereocenters. The van der Waals surface area contributed by atoms with Crippen molar-refractivity contribution in [2.24, 2.45) is 0 Å². The minimum Gasteiger partial charge on any atom is -0.383 e. The van der Waals surface area contributed by atoms with E-state index in [2.05, 4.69) is 23.2 Å². The molecule has 2 heterocycles. The van der Waals surface area contributed by atoms with E-state index in [1.54, 1.807) is 18.4 Å². The number of amides is 1. The Bertz CT molecular complexity index is 686. The van der Waals surface area contributed by atoms with Crippen molar-refractivity contribution in [2.45, 2.75) is 13.1 Å². The number of fused-ring (bicyclic) bond motifs is 1. The van der Waals surface area contributed by atoms with Crippen LogP contribution in [0.2, 0.25) is 5.02 Å². The average molecular weight is 325 g/mol. The molecule has 3 rings (SSSR count). The topological polar surface area (TPSA) is 41.6 Å². The van der Waals surface area contributed by atoms with Gasteiger partial charge < -0.3 is 10.1 Å². The van der Waals surface area contributed by atoms with Crippen LogP contribution in [0.25, 0.3) is 10.1 Å². The van der Waals surface area contributed by atoms with Crippen molar-refractivity contribution in [1.82, 2.24) is 10.2 Å². The predicted molar refractivity (Wildman–Crippen MR) is 85.9 cm³/mol. The maximum absolute atomic E-state index is 11.8. The van der Waals surface area contributed by atoms with Gasteiger partial charge in [0.15, 0.2) is 0 Å². The molecule has 0 radical (unpaired) electrons. The maximum atomic E-state index is 11.8. The van der Waals surface area contributed by atoms with E-state index in [-0.39, 0.29) is 12.1 Å². The molecule has 6 heteroatoms. The van der Waals surface area contributed by atoms with Crippen LogP contribution in [-0.4, -0.2) is 37.6 Å². The molecule has 1 N–H and O–H groups in total. The highest BCUT2D eigenvalue weighted by molar-refractivity contribution is 7.20. The van der Waals surface area contributed by atoms with E-state index in [1.807, 2.05) is 12.1 Å². The largest absolute Gasteiger partial charge is 0.383 e. The normalized spacial score (nSPS) is 19.4. The minimum absolute atomic E-state index is 0.0547. The quantitative estimate of drug-likeness (QED) is 0.940. The van der Waals surface area contributed by atoms with Crippen LogP contribution in [0.15, 0.2) is 18.2 Å². The summed E-state index contributed by atoms with van der Waals surface area (Å²) in [5.74, 6) is 0.0547. The first kappa shape index (κ1) is 14.8. The van der Waals surface area contributed by atoms with Crippen LogP contribution in [-0.2, 0) is 9.53 Å². The summed E-state index contributed by atoms with van der Waals surface area (Å²) in [6.07, 6.45) is -0.0823. The Balaban J connectivity index is 2.00. The molecule has 1 aromatic carbocycles. The summed E-state index contributed by atoms with van der Waals surface area (Å²) in [6, 6.07) is 5.94. The lowest BCUT2D eigenvalue weighted by Crippen LogP contribution is -2.30. The second-order valence-electron chi connectivity index (χ2n) is 5.14. The van der Waals surface area contributed by atoms with Crippen molar-refractivity contribution in [2.75, 3.05) is 26.8 Å². The number of carbonyl (C=O) groups excluding carboxylic acids is 1. The van der Waals surface area contributed by atoms with Gasteiger partial charge in [-0.15, -0.1) is 11.3 Å². The summed E-state index contributed by atoms with van der Waals surface area (Å²) < 4.78 is 6.22. The lowest BCUT2D eigenvalue weighted by atomic mass is 10.1. The first-order chi connectivity index (χ1) is 10.1. The van der Waals surface area contributed by atoms with Gasteiger partial charge in [-0.25, -0.2) is 0 Å². The number of aryl methyl sites for hydroxylation is 1. The van der Waals surface area contributed by atoms with Crippen molar-refractivity contribution >= 4 is 38.9 Å². The van der Waals surface area contributed by atoms with Gasteiger partial charge in [0.1, 0.15) is 6.17 Å². The maximum Gasteiger partial charge on any atom is 0.235 e. The molecule has 1 aromatic heterocycles. The molecule has 1 fully saturated rings. The number of ether oxygens (including phenoxy) is 1. The van der Waals surface area contributed by atoms with Gasteiger partial charge in [0.25, 0.3) is 0 Å². The number of rotatable bonds is 4. The molecule has 0 aliphatic carbocycles. The molecule has 1 aliphatic heterocycles. The van der Waals surface area contributed by atoms with E-state index < -0.39 is 0 Å². The zero-order valence-electron chi connectivity index (χ0n) is 12.0. The standard InChI is InChI=1S/C15H17ClN2O2S/c1-9-10-4-3-5-11(16)14(10)21-13(9)15-17-12(19)8-18(15)6-7-20-2/h3-5,15H,6-8H2,1-2H3,(H,17,19). The monoisotopic (exact) mass is 324 g/mol. The lowest BCUT2D eigenvalue weighted by molar-refractivity contribution is -0.118. The van der Waals surface area contributed by atoms with Crippen LogP contribution >= 0.6 is 22.9 Å². The first-order valence-electron chi connectivity index (χ1n) is 6.81. The molecular formula is C15H17ClN2O2S. The third kappa shape index (κ3) is 2.66. The number of benzene rings is 1. The van der Waals surface area contributed by atoms with Crippen molar-refractivity contribution in [3.8, 4) is 0 Å². The molecule has 112 valence electrons. The molecule has 0 bridgehead atoms. The van der Waals surface area contributed by atoms with Crippen molar-refractivity contribution < 1.29 is 9.53 Å². The third-order valence-corrected chi connectivity index (χ3v) is 5.61. The van der Waals surface area contributed by atoms with Crippen molar-refractivity contribution in [3.63, 3.8) is 0 Å². The highest BCUT2D eigenvalue weighted by Crippen LogP contribution is 2.40. The van der Waals surface area contributed by atoms with E-state index >= 15 is 0 Å². The third-order valence-electron chi connectivity index (χ3n) is 3.79. The van der Waals surface area contributed by atoms with E-state index in [0.29, 0.717) is 13.2 Å². The molecule has 21 heavy (non-hydrogen) atoms. The molecule has 2 aromatic rings. The molecule has 0 saturated carbocycles. The highest BCUT2D eigenvalue weighted by Gasteiger charge is 2.33. The van der Waals surface area contributed by atoms with Crippen molar-refractivity contribution in [1.29, 1.82) is 0 Å². The Labute approximate surface area is 132 Å². The molecule has 1 aliphatic rings. The molecular weight excluding hydrogens is 308 g/mol. The zero-order valence-corrected chi connectivity index (χ0v) is 13.6. The molecule has 4 nitrogen and oxygen atoms in total. The van der Waals surface area contributed by atoms with Crippen LogP contribution < -0.4 is 5.32 Å². The van der Waals surface area contributed by atoms with Crippen LogP contribution in [0.1, 0.15) is 16.6 Å². The summed E-state index contributed by atoms with van der Waals surface area (Å²) >= 11 is 7.95. The van der Waals surface area contributed by atoms with Crippen LogP contribution in [0, 0.1) is 6.92 Å². The predicted octanol–water partition coefficient (Wildman–Crippen LogP) is 2.94. The fourth-order valence-electron chi connectivity index (χ4n) is 2.70. The summed E-state index contributed by atoms with van der Waals surface area (Å²) in [7, 11) is 1.67. The Kier molecular flexibility index (Phi) is 4.17. The molecule has 1 amide bonds. The Hall–Kier alpha value is -1.14. The number of carbonyl (C=O) groups is 1. The number of hydrogen-bond donors (Lipinski definition) is 1. The average Bonchev–Trinajstić information content (AvgIpc) is 2.99. The van der Waals surface area contributed by atoms with Crippen LogP contribution in [0.5, 0.6) is 0 Å². The number of methoxy groups -OCH3 is 1. The second kappa shape index (κ2) is 5.93. The van der Waals surface area contributed by atoms with Gasteiger partial charge in [-0.3, -0.25) is 9.69 Å². The van der Waals surface area contributed by atoms with Crippen LogP contribution in [0.4, 0.5) is 0 Å². The fourth-order valence-corrected chi connectivity index (χ4v) is 4.29. The van der Waals surface area contributed by atoms with E-state index in [0.717, 1.165) is 26.5 Å². The van der Waals surface area contributed by atoms with Gasteiger partial charge in [0.2, 0.25) is 5.91 Å². The zero-order chi connectivity index (χ0) is 15.0. The number of hydrogen-bond acceptors (Lipinski definition) is 4. The summed E-state index contributed by atoms with van der Waals surface area (Å²) in [4.78, 5) is 15.0. The smallest absolute Gasteiger partial charge is 0.235 e. The summed E-state index contributed by atoms with van der Waals surface area (Å²) in [6.45, 7) is 3.83. The molecule has 1 atom stereocenters. The summed E-state index contributed by atoms with van der Waals surface area (Å²) in [5.41, 5.74) is 1.19. The van der Waals surface area contributed by atoms with Crippen LogP contribution in [0.3, 0.4) is 0 Å². The minimum atomic E-state index is -0.0823. The number of thiophene rings is 1. The van der Waals surface area contributed by atoms with Gasteiger partial charge in [-0.2, -0.15) is 0 Å². The Morgan fingerprint density at radius 3 is 3.05 bits per heavy atom. The van der Waals surface area contributed by atoms with Gasteiger partial charge in [0.05, 0.1) is 22.9 Å². The first-order valence-corrected chi connectivity index (χ1v) is 8.01. The van der Waals surface area contributed by atoms with E-state index in [1.165, 1.54) is 5.56 Å². The summed E-state index contributed by atoms with van der Waals surface area (Å²) in [5, 5.41) is 4.98. The Morgan fingerprint density at radius 2 is 2.33 bits per heavy atom. The van der Waals surface area contributed by atoms with E-state index in [9.17, 15) is 4.79 Å². The highest BCUT2D eigenvalue weighted by atomic mass is 35.5.